The Morgan fingerprint density at radius 3 is 2.44 bits per heavy atom. The van der Waals surface area contributed by atoms with Crippen molar-refractivity contribution in [3.05, 3.63) is 23.8 Å². The van der Waals surface area contributed by atoms with Gasteiger partial charge in [-0.25, -0.2) is 4.99 Å². The number of hydrogen-bond donors (Lipinski definition) is 2. The molecule has 1 aliphatic heterocycles. The van der Waals surface area contributed by atoms with Crippen molar-refractivity contribution in [1.29, 1.82) is 0 Å². The van der Waals surface area contributed by atoms with Crippen molar-refractivity contribution in [3.63, 3.8) is 0 Å². The number of rotatable bonds is 7. The highest BCUT2D eigenvalue weighted by atomic mass is 127. The van der Waals surface area contributed by atoms with E-state index in [1.54, 1.807) is 14.2 Å². The van der Waals surface area contributed by atoms with E-state index < -0.39 is 0 Å². The van der Waals surface area contributed by atoms with E-state index in [0.29, 0.717) is 24.0 Å². The summed E-state index contributed by atoms with van der Waals surface area (Å²) in [5.41, 5.74) is 6.99. The zero-order chi connectivity index (χ0) is 17.2. The van der Waals surface area contributed by atoms with Gasteiger partial charge in [-0.05, 0) is 43.6 Å². The molecule has 0 saturated carbocycles. The number of guanidine groups is 1. The van der Waals surface area contributed by atoms with E-state index in [1.165, 1.54) is 38.8 Å². The lowest BCUT2D eigenvalue weighted by molar-refractivity contribution is 0.289. The number of halogens is 1. The molecule has 1 heterocycles. The Bertz CT molecular complexity index is 532. The van der Waals surface area contributed by atoms with Crippen LogP contribution in [-0.2, 0) is 6.54 Å². The number of nitrogens with one attached hydrogen (secondary N) is 1. The molecule has 1 aliphatic rings. The highest BCUT2D eigenvalue weighted by Crippen LogP contribution is 2.27. The van der Waals surface area contributed by atoms with Crippen molar-refractivity contribution in [2.45, 2.75) is 32.2 Å². The Kier molecular flexibility index (Phi) is 10.6. The second kappa shape index (κ2) is 12.2. The molecular formula is C18H31IN4O2. The zero-order valence-electron chi connectivity index (χ0n) is 15.3. The summed E-state index contributed by atoms with van der Waals surface area (Å²) < 4.78 is 10.5. The summed E-state index contributed by atoms with van der Waals surface area (Å²) >= 11 is 0. The molecule has 142 valence electrons. The van der Waals surface area contributed by atoms with Crippen molar-refractivity contribution in [2.24, 2.45) is 10.7 Å². The molecule has 2 rings (SSSR count). The molecule has 0 spiro atoms. The summed E-state index contributed by atoms with van der Waals surface area (Å²) in [6.45, 7) is 4.77. The van der Waals surface area contributed by atoms with E-state index in [1.807, 2.05) is 18.2 Å². The Morgan fingerprint density at radius 1 is 1.12 bits per heavy atom. The van der Waals surface area contributed by atoms with Crippen LogP contribution in [0.25, 0.3) is 0 Å². The summed E-state index contributed by atoms with van der Waals surface area (Å²) in [7, 11) is 3.26. The van der Waals surface area contributed by atoms with Crippen LogP contribution in [0.3, 0.4) is 0 Å². The lowest BCUT2D eigenvalue weighted by atomic mass is 10.2. The molecule has 0 amide bonds. The predicted molar refractivity (Wildman–Crippen MR) is 113 cm³/mol. The van der Waals surface area contributed by atoms with Crippen LogP contribution >= 0.6 is 24.0 Å². The van der Waals surface area contributed by atoms with Crippen LogP contribution in [0.1, 0.15) is 31.2 Å². The molecule has 1 aromatic rings. The predicted octanol–water partition coefficient (Wildman–Crippen LogP) is 2.60. The molecule has 1 aromatic carbocycles. The van der Waals surface area contributed by atoms with Gasteiger partial charge in [-0.2, -0.15) is 0 Å². The minimum atomic E-state index is 0. The summed E-state index contributed by atoms with van der Waals surface area (Å²) in [6.07, 6.45) is 5.34. The van der Waals surface area contributed by atoms with Gasteiger partial charge < -0.3 is 25.4 Å². The summed E-state index contributed by atoms with van der Waals surface area (Å²) in [5, 5.41) is 3.20. The van der Waals surface area contributed by atoms with Gasteiger partial charge in [-0.15, -0.1) is 24.0 Å². The van der Waals surface area contributed by atoms with Crippen molar-refractivity contribution in [2.75, 3.05) is 40.4 Å². The van der Waals surface area contributed by atoms with Crippen LogP contribution < -0.4 is 20.5 Å². The zero-order valence-corrected chi connectivity index (χ0v) is 17.6. The van der Waals surface area contributed by atoms with Gasteiger partial charge in [0, 0.05) is 13.1 Å². The quantitative estimate of drug-likeness (QED) is 0.371. The number of methoxy groups -OCH3 is 2. The second-order valence-electron chi connectivity index (χ2n) is 6.07. The second-order valence-corrected chi connectivity index (χ2v) is 6.07. The van der Waals surface area contributed by atoms with Gasteiger partial charge >= 0.3 is 0 Å². The molecular weight excluding hydrogens is 431 g/mol. The number of aliphatic imine (C=N–C) groups is 1. The van der Waals surface area contributed by atoms with Crippen LogP contribution in [0.5, 0.6) is 11.5 Å². The third-order valence-electron chi connectivity index (χ3n) is 4.31. The van der Waals surface area contributed by atoms with Gasteiger partial charge in [0.15, 0.2) is 17.5 Å². The first-order valence-corrected chi connectivity index (χ1v) is 8.70. The largest absolute Gasteiger partial charge is 0.493 e. The Labute approximate surface area is 168 Å². The van der Waals surface area contributed by atoms with Crippen LogP contribution in [0.4, 0.5) is 0 Å². The molecule has 0 bridgehead atoms. The average Bonchev–Trinajstić information content (AvgIpc) is 2.88. The van der Waals surface area contributed by atoms with Gasteiger partial charge in [0.25, 0.3) is 0 Å². The van der Waals surface area contributed by atoms with E-state index >= 15 is 0 Å². The molecule has 0 unspecified atom stereocenters. The number of nitrogens with two attached hydrogens (primary N) is 1. The maximum Gasteiger partial charge on any atom is 0.188 e. The summed E-state index contributed by atoms with van der Waals surface area (Å²) in [6, 6.07) is 5.77. The molecule has 25 heavy (non-hydrogen) atoms. The van der Waals surface area contributed by atoms with Gasteiger partial charge in [-0.3, -0.25) is 0 Å². The Morgan fingerprint density at radius 2 is 1.80 bits per heavy atom. The van der Waals surface area contributed by atoms with Gasteiger partial charge in [0.05, 0.1) is 20.8 Å². The van der Waals surface area contributed by atoms with E-state index in [-0.39, 0.29) is 24.0 Å². The average molecular weight is 462 g/mol. The first kappa shape index (κ1) is 21.8. The van der Waals surface area contributed by atoms with E-state index in [4.69, 9.17) is 15.2 Å². The molecule has 1 saturated heterocycles. The topological polar surface area (TPSA) is 72.1 Å². The third-order valence-corrected chi connectivity index (χ3v) is 4.31. The number of ether oxygens (including phenoxy) is 2. The maximum atomic E-state index is 5.96. The molecule has 0 aromatic heterocycles. The fourth-order valence-corrected chi connectivity index (χ4v) is 2.91. The smallest absolute Gasteiger partial charge is 0.188 e. The van der Waals surface area contributed by atoms with Gasteiger partial charge in [-0.1, -0.05) is 18.9 Å². The molecule has 3 N–H and O–H groups in total. The summed E-state index contributed by atoms with van der Waals surface area (Å²) in [5.74, 6) is 1.91. The van der Waals surface area contributed by atoms with E-state index in [0.717, 1.165) is 18.7 Å². The van der Waals surface area contributed by atoms with Gasteiger partial charge in [0.1, 0.15) is 0 Å². The molecule has 0 atom stereocenters. The van der Waals surface area contributed by atoms with Crippen LogP contribution in [0.15, 0.2) is 23.2 Å². The fraction of sp³-hybridized carbons (Fsp3) is 0.611. The van der Waals surface area contributed by atoms with Crippen LogP contribution in [0, 0.1) is 0 Å². The molecule has 7 heteroatoms. The minimum Gasteiger partial charge on any atom is -0.493 e. The third kappa shape index (κ3) is 7.68. The first-order chi connectivity index (χ1) is 11.7. The van der Waals surface area contributed by atoms with Crippen LogP contribution in [-0.4, -0.2) is 51.3 Å². The monoisotopic (exact) mass is 462 g/mol. The number of hydrogen-bond acceptors (Lipinski definition) is 4. The molecule has 1 fully saturated rings. The van der Waals surface area contributed by atoms with E-state index in [9.17, 15) is 0 Å². The van der Waals surface area contributed by atoms with Crippen LogP contribution in [0.2, 0.25) is 0 Å². The fourth-order valence-electron chi connectivity index (χ4n) is 2.91. The van der Waals surface area contributed by atoms with Gasteiger partial charge in [0.2, 0.25) is 0 Å². The van der Waals surface area contributed by atoms with Crippen molar-refractivity contribution in [1.82, 2.24) is 10.2 Å². The lowest BCUT2D eigenvalue weighted by Gasteiger charge is -2.19. The molecule has 6 nitrogen and oxygen atoms in total. The van der Waals surface area contributed by atoms with Crippen molar-refractivity contribution >= 4 is 29.9 Å². The Hall–Kier alpha value is -1.22. The minimum absolute atomic E-state index is 0. The molecule has 0 aliphatic carbocycles. The standard InChI is InChI=1S/C18H30N4O2.HI/c1-23-16-8-7-15(13-17(16)24-2)14-21-18(19)20-9-12-22-10-5-3-4-6-11-22;/h7-8,13H,3-6,9-12,14H2,1-2H3,(H3,19,20,21);1H. The highest BCUT2D eigenvalue weighted by Gasteiger charge is 2.08. The maximum absolute atomic E-state index is 5.96. The highest BCUT2D eigenvalue weighted by molar-refractivity contribution is 14.0. The summed E-state index contributed by atoms with van der Waals surface area (Å²) in [4.78, 5) is 6.90. The molecule has 0 radical (unpaired) electrons. The van der Waals surface area contributed by atoms with E-state index in [2.05, 4.69) is 15.2 Å². The number of likely N-dealkylation sites (tertiary alicyclic amines) is 1. The lowest BCUT2D eigenvalue weighted by Crippen LogP contribution is -2.38. The SMILES string of the molecule is COc1ccc(CN=C(N)NCCN2CCCCCC2)cc1OC.I. The number of nitrogens with zero attached hydrogens (tertiary/aromatic N) is 2. The first-order valence-electron chi connectivity index (χ1n) is 8.70. The number of benzene rings is 1. The van der Waals surface area contributed by atoms with Crippen molar-refractivity contribution in [3.8, 4) is 11.5 Å². The normalized spacial score (nSPS) is 15.8. The van der Waals surface area contributed by atoms with Crippen molar-refractivity contribution < 1.29 is 9.47 Å². The Balaban J connectivity index is 0.00000312.